The minimum atomic E-state index is 0.564. The molecule has 0 spiro atoms. The molecule has 0 radical (unpaired) electrons. The van der Waals surface area contributed by atoms with E-state index in [2.05, 4.69) is 20.6 Å². The van der Waals surface area contributed by atoms with Gasteiger partial charge < -0.3 is 15.4 Å². The Morgan fingerprint density at radius 3 is 2.80 bits per heavy atom. The van der Waals surface area contributed by atoms with Crippen LogP contribution in [-0.2, 0) is 4.74 Å². The summed E-state index contributed by atoms with van der Waals surface area (Å²) in [6.07, 6.45) is 10.7. The summed E-state index contributed by atoms with van der Waals surface area (Å²) in [7, 11) is 1.72. The van der Waals surface area contributed by atoms with E-state index in [1.165, 1.54) is 38.5 Å². The summed E-state index contributed by atoms with van der Waals surface area (Å²) >= 11 is 0. The van der Waals surface area contributed by atoms with Crippen molar-refractivity contribution in [2.75, 3.05) is 30.9 Å². The summed E-state index contributed by atoms with van der Waals surface area (Å²) in [5.41, 5.74) is 0. The summed E-state index contributed by atoms with van der Waals surface area (Å²) in [4.78, 5) is 8.77. The maximum absolute atomic E-state index is 5.02. The predicted octanol–water partition coefficient (Wildman–Crippen LogP) is 3.06. The SMILES string of the molecule is COCCCNc1nccc(NC2CCCCCC2)n1. The van der Waals surface area contributed by atoms with Crippen LogP contribution in [0, 0.1) is 0 Å². The first-order valence-corrected chi connectivity index (χ1v) is 7.71. The van der Waals surface area contributed by atoms with Gasteiger partial charge in [-0.2, -0.15) is 4.98 Å². The van der Waals surface area contributed by atoms with Crippen LogP contribution in [0.3, 0.4) is 0 Å². The molecule has 0 aliphatic heterocycles. The predicted molar refractivity (Wildman–Crippen MR) is 82.1 cm³/mol. The van der Waals surface area contributed by atoms with E-state index in [9.17, 15) is 0 Å². The zero-order valence-corrected chi connectivity index (χ0v) is 12.4. The van der Waals surface area contributed by atoms with E-state index in [-0.39, 0.29) is 0 Å². The molecule has 1 aliphatic carbocycles. The molecule has 2 N–H and O–H groups in total. The molecule has 5 heteroatoms. The van der Waals surface area contributed by atoms with Gasteiger partial charge in [0.2, 0.25) is 5.95 Å². The van der Waals surface area contributed by atoms with Gasteiger partial charge in [0.05, 0.1) is 0 Å². The van der Waals surface area contributed by atoms with Crippen molar-refractivity contribution in [3.8, 4) is 0 Å². The van der Waals surface area contributed by atoms with E-state index in [1.807, 2.05) is 12.3 Å². The Hall–Kier alpha value is -1.36. The minimum absolute atomic E-state index is 0.564. The van der Waals surface area contributed by atoms with Crippen LogP contribution >= 0.6 is 0 Å². The lowest BCUT2D eigenvalue weighted by molar-refractivity contribution is 0.197. The van der Waals surface area contributed by atoms with Crippen LogP contribution in [0.25, 0.3) is 0 Å². The third-order valence-electron chi connectivity index (χ3n) is 3.67. The van der Waals surface area contributed by atoms with Gasteiger partial charge in [0.15, 0.2) is 0 Å². The quantitative estimate of drug-likeness (QED) is 0.593. The molecule has 20 heavy (non-hydrogen) atoms. The Morgan fingerprint density at radius 2 is 2.05 bits per heavy atom. The lowest BCUT2D eigenvalue weighted by Gasteiger charge is -2.17. The number of hydrogen-bond donors (Lipinski definition) is 2. The number of hydrogen-bond acceptors (Lipinski definition) is 5. The molecule has 0 amide bonds. The van der Waals surface area contributed by atoms with Crippen LogP contribution < -0.4 is 10.6 Å². The van der Waals surface area contributed by atoms with E-state index in [4.69, 9.17) is 4.74 Å². The molecule has 1 aromatic rings. The van der Waals surface area contributed by atoms with Crippen molar-refractivity contribution in [2.24, 2.45) is 0 Å². The lowest BCUT2D eigenvalue weighted by Crippen LogP contribution is -2.19. The number of rotatable bonds is 7. The van der Waals surface area contributed by atoms with E-state index < -0.39 is 0 Å². The molecule has 0 bridgehead atoms. The van der Waals surface area contributed by atoms with Crippen LogP contribution in [0.1, 0.15) is 44.9 Å². The highest BCUT2D eigenvalue weighted by molar-refractivity contribution is 5.40. The molecule has 1 heterocycles. The van der Waals surface area contributed by atoms with Crippen LogP contribution in [-0.4, -0.2) is 36.3 Å². The van der Waals surface area contributed by atoms with Gasteiger partial charge in [-0.05, 0) is 25.3 Å². The second-order valence-electron chi connectivity index (χ2n) is 5.37. The molecule has 0 aromatic carbocycles. The summed E-state index contributed by atoms with van der Waals surface area (Å²) in [5.74, 6) is 1.63. The van der Waals surface area contributed by atoms with Gasteiger partial charge in [-0.15, -0.1) is 0 Å². The summed E-state index contributed by atoms with van der Waals surface area (Å²) in [6, 6.07) is 2.51. The van der Waals surface area contributed by atoms with Crippen molar-refractivity contribution in [1.82, 2.24) is 9.97 Å². The second kappa shape index (κ2) is 8.74. The molecular formula is C15H26N4O. The molecular weight excluding hydrogens is 252 g/mol. The average Bonchev–Trinajstić information content (AvgIpc) is 2.73. The number of nitrogens with zero attached hydrogens (tertiary/aromatic N) is 2. The van der Waals surface area contributed by atoms with Crippen molar-refractivity contribution in [3.63, 3.8) is 0 Å². The smallest absolute Gasteiger partial charge is 0.224 e. The van der Waals surface area contributed by atoms with Crippen LogP contribution in [0.4, 0.5) is 11.8 Å². The largest absolute Gasteiger partial charge is 0.385 e. The van der Waals surface area contributed by atoms with Crippen molar-refractivity contribution in [2.45, 2.75) is 51.0 Å². The molecule has 0 atom stereocenters. The van der Waals surface area contributed by atoms with E-state index in [1.54, 1.807) is 7.11 Å². The zero-order chi connectivity index (χ0) is 14.0. The van der Waals surface area contributed by atoms with Crippen LogP contribution in [0.5, 0.6) is 0 Å². The molecule has 112 valence electrons. The topological polar surface area (TPSA) is 59.1 Å². The third-order valence-corrected chi connectivity index (χ3v) is 3.67. The Bertz CT molecular complexity index is 378. The van der Waals surface area contributed by atoms with Gasteiger partial charge in [-0.1, -0.05) is 25.7 Å². The Morgan fingerprint density at radius 1 is 1.25 bits per heavy atom. The molecule has 1 aliphatic rings. The molecule has 2 rings (SSSR count). The minimum Gasteiger partial charge on any atom is -0.385 e. The molecule has 1 saturated carbocycles. The normalized spacial score (nSPS) is 16.6. The number of aromatic nitrogens is 2. The number of nitrogens with one attached hydrogen (secondary N) is 2. The standard InChI is InChI=1S/C15H26N4O/c1-20-12-6-10-16-15-17-11-9-14(19-15)18-13-7-4-2-3-5-8-13/h9,11,13H,2-8,10,12H2,1H3,(H2,16,17,18,19). The highest BCUT2D eigenvalue weighted by Gasteiger charge is 2.12. The fraction of sp³-hybridized carbons (Fsp3) is 0.733. The molecule has 0 unspecified atom stereocenters. The van der Waals surface area contributed by atoms with Crippen LogP contribution in [0.2, 0.25) is 0 Å². The average molecular weight is 278 g/mol. The second-order valence-corrected chi connectivity index (χ2v) is 5.37. The van der Waals surface area contributed by atoms with Gasteiger partial charge in [-0.25, -0.2) is 4.98 Å². The first-order valence-electron chi connectivity index (χ1n) is 7.71. The first-order chi connectivity index (χ1) is 9.88. The summed E-state index contributed by atoms with van der Waals surface area (Å²) in [5, 5.41) is 6.77. The van der Waals surface area contributed by atoms with Gasteiger partial charge in [-0.3, -0.25) is 0 Å². The molecule has 5 nitrogen and oxygen atoms in total. The summed E-state index contributed by atoms with van der Waals surface area (Å²) in [6.45, 7) is 1.59. The molecule has 1 fully saturated rings. The highest BCUT2D eigenvalue weighted by Crippen LogP contribution is 2.20. The van der Waals surface area contributed by atoms with Gasteiger partial charge >= 0.3 is 0 Å². The number of ether oxygens (including phenoxy) is 1. The van der Waals surface area contributed by atoms with E-state index in [0.29, 0.717) is 12.0 Å². The van der Waals surface area contributed by atoms with Crippen molar-refractivity contribution < 1.29 is 4.74 Å². The third kappa shape index (κ3) is 5.33. The highest BCUT2D eigenvalue weighted by atomic mass is 16.5. The molecule has 1 aromatic heterocycles. The van der Waals surface area contributed by atoms with Gasteiger partial charge in [0, 0.05) is 32.5 Å². The van der Waals surface area contributed by atoms with Crippen molar-refractivity contribution >= 4 is 11.8 Å². The molecule has 0 saturated heterocycles. The lowest BCUT2D eigenvalue weighted by atomic mass is 10.1. The van der Waals surface area contributed by atoms with E-state index in [0.717, 1.165) is 25.4 Å². The Labute approximate surface area is 121 Å². The zero-order valence-electron chi connectivity index (χ0n) is 12.4. The van der Waals surface area contributed by atoms with Gasteiger partial charge in [0.1, 0.15) is 5.82 Å². The fourth-order valence-corrected chi connectivity index (χ4v) is 2.57. The number of anilines is 2. The van der Waals surface area contributed by atoms with E-state index >= 15 is 0 Å². The van der Waals surface area contributed by atoms with Crippen molar-refractivity contribution in [1.29, 1.82) is 0 Å². The maximum atomic E-state index is 5.02. The first kappa shape index (κ1) is 15.0. The fourth-order valence-electron chi connectivity index (χ4n) is 2.57. The van der Waals surface area contributed by atoms with Crippen molar-refractivity contribution in [3.05, 3.63) is 12.3 Å². The Balaban J connectivity index is 1.81. The van der Waals surface area contributed by atoms with Crippen LogP contribution in [0.15, 0.2) is 12.3 Å². The Kier molecular flexibility index (Phi) is 6.57. The maximum Gasteiger partial charge on any atom is 0.224 e. The van der Waals surface area contributed by atoms with Gasteiger partial charge in [0.25, 0.3) is 0 Å². The summed E-state index contributed by atoms with van der Waals surface area (Å²) < 4.78 is 5.02. The monoisotopic (exact) mass is 278 g/mol. The number of methoxy groups -OCH3 is 1.